The Morgan fingerprint density at radius 3 is 2.62 bits per heavy atom. The van der Waals surface area contributed by atoms with Gasteiger partial charge in [0.2, 0.25) is 0 Å². The van der Waals surface area contributed by atoms with Gasteiger partial charge >= 0.3 is 5.82 Å². The van der Waals surface area contributed by atoms with Gasteiger partial charge in [-0.1, -0.05) is 0 Å². The number of anilines is 2. The second kappa shape index (κ2) is 4.34. The molecule has 2 N–H and O–H groups in total. The molecule has 2 heterocycles. The van der Waals surface area contributed by atoms with E-state index in [0.29, 0.717) is 0 Å². The Hall–Kier alpha value is -1.85. The topological polar surface area (TPSA) is 85.3 Å². The summed E-state index contributed by atoms with van der Waals surface area (Å²) in [4.78, 5) is 15.9. The van der Waals surface area contributed by atoms with Crippen LogP contribution in [0.15, 0.2) is 12.3 Å². The highest BCUT2D eigenvalue weighted by Gasteiger charge is 2.17. The highest BCUT2D eigenvalue weighted by atomic mass is 16.6. The quantitative estimate of drug-likeness (QED) is 0.606. The average Bonchev–Trinajstić information content (AvgIpc) is 2.29. The maximum atomic E-state index is 10.6. The molecule has 6 heteroatoms. The summed E-state index contributed by atoms with van der Waals surface area (Å²) in [5.41, 5.74) is 6.61. The van der Waals surface area contributed by atoms with Crippen molar-refractivity contribution in [2.45, 2.75) is 19.3 Å². The summed E-state index contributed by atoms with van der Waals surface area (Å²) in [6.07, 6.45) is 5.07. The number of aromatic nitrogens is 1. The maximum absolute atomic E-state index is 10.6. The average molecular weight is 222 g/mol. The summed E-state index contributed by atoms with van der Waals surface area (Å²) in [5.74, 6) is -0.263. The zero-order valence-electron chi connectivity index (χ0n) is 8.93. The Labute approximate surface area is 93.2 Å². The minimum absolute atomic E-state index is 0.132. The molecular weight excluding hydrogens is 208 g/mol. The molecule has 0 spiro atoms. The first-order chi connectivity index (χ1) is 7.68. The summed E-state index contributed by atoms with van der Waals surface area (Å²) in [6, 6.07) is 1.64. The maximum Gasteiger partial charge on any atom is 0.386 e. The van der Waals surface area contributed by atoms with Crippen LogP contribution in [0.3, 0.4) is 0 Å². The molecule has 16 heavy (non-hydrogen) atoms. The van der Waals surface area contributed by atoms with E-state index in [2.05, 4.69) is 9.88 Å². The van der Waals surface area contributed by atoms with Crippen LogP contribution in [0.25, 0.3) is 0 Å². The fourth-order valence-corrected chi connectivity index (χ4v) is 1.94. The number of nitrogens with two attached hydrogens (primary N) is 1. The first-order valence-electron chi connectivity index (χ1n) is 5.33. The molecule has 0 unspecified atom stereocenters. The van der Waals surface area contributed by atoms with Crippen molar-refractivity contribution in [1.82, 2.24) is 4.98 Å². The third kappa shape index (κ3) is 2.05. The number of hydrogen-bond acceptors (Lipinski definition) is 5. The van der Waals surface area contributed by atoms with Crippen molar-refractivity contribution in [2.75, 3.05) is 23.7 Å². The second-order valence-electron chi connectivity index (χ2n) is 3.91. The van der Waals surface area contributed by atoms with Gasteiger partial charge in [0.15, 0.2) is 6.20 Å². The highest BCUT2D eigenvalue weighted by Crippen LogP contribution is 2.25. The first-order valence-corrected chi connectivity index (χ1v) is 5.33. The Bertz CT molecular complexity index is 402. The van der Waals surface area contributed by atoms with Gasteiger partial charge in [0, 0.05) is 13.1 Å². The van der Waals surface area contributed by atoms with Gasteiger partial charge in [-0.15, -0.1) is 0 Å². The van der Waals surface area contributed by atoms with Crippen LogP contribution >= 0.6 is 0 Å². The number of piperidine rings is 1. The summed E-state index contributed by atoms with van der Waals surface area (Å²) in [7, 11) is 0. The van der Waals surface area contributed by atoms with Gasteiger partial charge in [-0.25, -0.2) is 0 Å². The molecule has 0 amide bonds. The van der Waals surface area contributed by atoms with Crippen LogP contribution in [0, 0.1) is 10.1 Å². The van der Waals surface area contributed by atoms with Crippen LogP contribution in [0.2, 0.25) is 0 Å². The number of nitrogens with zero attached hydrogens (tertiary/aromatic N) is 3. The molecular formula is C10H14N4O2. The first kappa shape index (κ1) is 10.7. The van der Waals surface area contributed by atoms with Crippen LogP contribution in [0.4, 0.5) is 17.2 Å². The van der Waals surface area contributed by atoms with Gasteiger partial charge in [-0.05, 0) is 35.2 Å². The molecule has 1 aliphatic rings. The fourth-order valence-electron chi connectivity index (χ4n) is 1.94. The largest absolute Gasteiger partial charge is 0.392 e. The number of hydrogen-bond donors (Lipinski definition) is 1. The SMILES string of the molecule is Nc1cc(N2CCCCC2)cnc1[N+](=O)[O-]. The van der Waals surface area contributed by atoms with E-state index in [0.717, 1.165) is 31.6 Å². The Balaban J connectivity index is 2.23. The number of pyridine rings is 1. The predicted octanol–water partition coefficient (Wildman–Crippen LogP) is 1.56. The van der Waals surface area contributed by atoms with Gasteiger partial charge in [0.1, 0.15) is 5.69 Å². The number of rotatable bonds is 2. The van der Waals surface area contributed by atoms with Crippen molar-refractivity contribution in [2.24, 2.45) is 0 Å². The molecule has 86 valence electrons. The van der Waals surface area contributed by atoms with E-state index < -0.39 is 4.92 Å². The lowest BCUT2D eigenvalue weighted by Crippen LogP contribution is -2.29. The Kier molecular flexibility index (Phi) is 2.89. The van der Waals surface area contributed by atoms with Crippen LogP contribution in [0.1, 0.15) is 19.3 Å². The summed E-state index contributed by atoms with van der Waals surface area (Å²) < 4.78 is 0. The molecule has 0 aromatic carbocycles. The number of nitrogen functional groups attached to an aromatic ring is 1. The minimum Gasteiger partial charge on any atom is -0.392 e. The molecule has 6 nitrogen and oxygen atoms in total. The molecule has 0 saturated carbocycles. The van der Waals surface area contributed by atoms with E-state index >= 15 is 0 Å². The molecule has 1 aliphatic heterocycles. The van der Waals surface area contributed by atoms with Crippen molar-refractivity contribution in [1.29, 1.82) is 0 Å². The molecule has 1 aromatic heterocycles. The monoisotopic (exact) mass is 222 g/mol. The lowest BCUT2D eigenvalue weighted by molar-refractivity contribution is -0.388. The van der Waals surface area contributed by atoms with Crippen molar-refractivity contribution in [3.63, 3.8) is 0 Å². The van der Waals surface area contributed by atoms with Crippen molar-refractivity contribution >= 4 is 17.2 Å². The molecule has 0 atom stereocenters. The van der Waals surface area contributed by atoms with Gasteiger partial charge in [0.25, 0.3) is 0 Å². The fraction of sp³-hybridized carbons (Fsp3) is 0.500. The molecule has 0 bridgehead atoms. The standard InChI is InChI=1S/C10H14N4O2/c11-9-6-8(7-12-10(9)14(15)16)13-4-2-1-3-5-13/h6-7H,1-5,11H2. The van der Waals surface area contributed by atoms with Crippen LogP contribution in [0.5, 0.6) is 0 Å². The third-order valence-corrected chi connectivity index (χ3v) is 2.77. The summed E-state index contributed by atoms with van der Waals surface area (Å²) >= 11 is 0. The van der Waals surface area contributed by atoms with Crippen molar-refractivity contribution in [3.8, 4) is 0 Å². The smallest absolute Gasteiger partial charge is 0.386 e. The predicted molar refractivity (Wildman–Crippen MR) is 61.4 cm³/mol. The molecule has 0 radical (unpaired) electrons. The van der Waals surface area contributed by atoms with Crippen LogP contribution in [-0.2, 0) is 0 Å². The van der Waals surface area contributed by atoms with Crippen LogP contribution in [-0.4, -0.2) is 23.0 Å². The highest BCUT2D eigenvalue weighted by molar-refractivity contribution is 5.62. The van der Waals surface area contributed by atoms with E-state index in [1.165, 1.54) is 12.6 Å². The molecule has 2 rings (SSSR count). The summed E-state index contributed by atoms with van der Waals surface area (Å²) in [6.45, 7) is 1.94. The lowest BCUT2D eigenvalue weighted by Gasteiger charge is -2.27. The molecule has 1 fully saturated rings. The van der Waals surface area contributed by atoms with Gasteiger partial charge in [0.05, 0.1) is 5.69 Å². The minimum atomic E-state index is -0.560. The van der Waals surface area contributed by atoms with E-state index in [1.807, 2.05) is 0 Å². The second-order valence-corrected chi connectivity index (χ2v) is 3.91. The Morgan fingerprint density at radius 2 is 2.06 bits per heavy atom. The molecule has 1 saturated heterocycles. The Morgan fingerprint density at radius 1 is 1.38 bits per heavy atom. The number of nitro groups is 1. The van der Waals surface area contributed by atoms with Crippen molar-refractivity contribution in [3.05, 3.63) is 22.4 Å². The van der Waals surface area contributed by atoms with Gasteiger partial charge in [-0.3, -0.25) is 0 Å². The van der Waals surface area contributed by atoms with E-state index in [1.54, 1.807) is 6.07 Å². The van der Waals surface area contributed by atoms with Crippen LogP contribution < -0.4 is 10.6 Å². The normalized spacial score (nSPS) is 16.1. The van der Waals surface area contributed by atoms with E-state index in [9.17, 15) is 10.1 Å². The van der Waals surface area contributed by atoms with Gasteiger partial charge < -0.3 is 20.7 Å². The van der Waals surface area contributed by atoms with E-state index in [4.69, 9.17) is 5.73 Å². The van der Waals surface area contributed by atoms with E-state index in [-0.39, 0.29) is 11.5 Å². The molecule has 1 aromatic rings. The lowest BCUT2D eigenvalue weighted by atomic mass is 10.1. The van der Waals surface area contributed by atoms with Crippen molar-refractivity contribution < 1.29 is 4.92 Å². The van der Waals surface area contributed by atoms with Gasteiger partial charge in [-0.2, -0.15) is 0 Å². The zero-order chi connectivity index (χ0) is 11.5. The zero-order valence-corrected chi connectivity index (χ0v) is 8.93. The summed E-state index contributed by atoms with van der Waals surface area (Å²) in [5, 5.41) is 10.6. The molecule has 0 aliphatic carbocycles. The third-order valence-electron chi connectivity index (χ3n) is 2.77.